The molecule has 0 N–H and O–H groups in total. The van der Waals surface area contributed by atoms with E-state index in [0.29, 0.717) is 0 Å². The Hall–Kier alpha value is -0.440. The summed E-state index contributed by atoms with van der Waals surface area (Å²) in [7, 11) is 1.43. The Morgan fingerprint density at radius 3 is 2.27 bits per heavy atom. The molecular formula is C7H14ClNO2. The van der Waals surface area contributed by atoms with Crippen LogP contribution < -0.4 is 0 Å². The highest BCUT2D eigenvalue weighted by atomic mass is 35.5. The third-order valence-electron chi connectivity index (χ3n) is 1.79. The number of hydrogen-bond donors (Lipinski definition) is 0. The quantitative estimate of drug-likeness (QED) is 0.566. The number of likely N-dealkylation sites (tertiary alicyclic amines) is 1. The number of methoxy groups -OCH3 is 1. The van der Waals surface area contributed by atoms with Crippen molar-refractivity contribution in [2.75, 3.05) is 20.2 Å². The second kappa shape index (κ2) is 5.24. The van der Waals surface area contributed by atoms with Crippen molar-refractivity contribution in [2.45, 2.75) is 19.3 Å². The number of halogens is 1. The number of hydrogen-bond acceptors (Lipinski definition) is 2. The van der Waals surface area contributed by atoms with Gasteiger partial charge in [-0.2, -0.15) is 0 Å². The normalized spacial score (nSPS) is 17.0. The molecule has 3 nitrogen and oxygen atoms in total. The highest BCUT2D eigenvalue weighted by molar-refractivity contribution is 5.85. The minimum absolute atomic E-state index is 0. The van der Waals surface area contributed by atoms with Crippen molar-refractivity contribution in [1.29, 1.82) is 0 Å². The molecule has 0 aromatic rings. The van der Waals surface area contributed by atoms with Crippen LogP contribution in [-0.4, -0.2) is 31.2 Å². The second-order valence-electron chi connectivity index (χ2n) is 2.52. The van der Waals surface area contributed by atoms with Crippen molar-refractivity contribution < 1.29 is 9.53 Å². The van der Waals surface area contributed by atoms with Gasteiger partial charge in [0.15, 0.2) is 0 Å². The maximum atomic E-state index is 10.9. The van der Waals surface area contributed by atoms with E-state index in [4.69, 9.17) is 0 Å². The molecule has 0 bridgehead atoms. The third kappa shape index (κ3) is 2.97. The van der Waals surface area contributed by atoms with Crippen LogP contribution in [0.3, 0.4) is 0 Å². The molecule has 4 heteroatoms. The van der Waals surface area contributed by atoms with Crippen molar-refractivity contribution in [3.63, 3.8) is 0 Å². The van der Waals surface area contributed by atoms with Gasteiger partial charge in [0.1, 0.15) is 0 Å². The number of ether oxygens (including phenoxy) is 1. The van der Waals surface area contributed by atoms with Crippen LogP contribution in [-0.2, 0) is 4.74 Å². The van der Waals surface area contributed by atoms with Gasteiger partial charge in [-0.15, -0.1) is 12.4 Å². The lowest BCUT2D eigenvalue weighted by Crippen LogP contribution is -2.35. The van der Waals surface area contributed by atoms with Crippen LogP contribution >= 0.6 is 12.4 Å². The van der Waals surface area contributed by atoms with Crippen molar-refractivity contribution >= 4 is 18.5 Å². The Morgan fingerprint density at radius 1 is 1.27 bits per heavy atom. The minimum Gasteiger partial charge on any atom is -0.453 e. The Labute approximate surface area is 73.1 Å². The van der Waals surface area contributed by atoms with Gasteiger partial charge < -0.3 is 9.64 Å². The minimum atomic E-state index is -0.181. The summed E-state index contributed by atoms with van der Waals surface area (Å²) in [6, 6.07) is 0. The molecule has 0 aliphatic carbocycles. The standard InChI is InChI=1S/C7H13NO2.ClH/c1-10-7(9)8-5-3-2-4-6-8;/h2-6H2,1H3;1H. The lowest BCUT2D eigenvalue weighted by Gasteiger charge is -2.24. The number of rotatable bonds is 0. The van der Waals surface area contributed by atoms with Gasteiger partial charge in [0.2, 0.25) is 0 Å². The fraction of sp³-hybridized carbons (Fsp3) is 0.857. The fourth-order valence-corrected chi connectivity index (χ4v) is 1.21. The first-order valence-electron chi connectivity index (χ1n) is 3.67. The molecule has 1 saturated heterocycles. The summed E-state index contributed by atoms with van der Waals surface area (Å²) in [6.45, 7) is 1.74. The molecule has 0 aromatic carbocycles. The van der Waals surface area contributed by atoms with E-state index in [-0.39, 0.29) is 18.5 Å². The molecule has 1 aliphatic rings. The summed E-state index contributed by atoms with van der Waals surface area (Å²) < 4.78 is 4.58. The van der Waals surface area contributed by atoms with Gasteiger partial charge in [-0.25, -0.2) is 4.79 Å². The molecule has 66 valence electrons. The van der Waals surface area contributed by atoms with Crippen molar-refractivity contribution in [1.82, 2.24) is 4.90 Å². The van der Waals surface area contributed by atoms with Crippen LogP contribution in [0.2, 0.25) is 0 Å². The van der Waals surface area contributed by atoms with E-state index in [9.17, 15) is 4.79 Å². The number of nitrogens with zero attached hydrogens (tertiary/aromatic N) is 1. The highest BCUT2D eigenvalue weighted by Crippen LogP contribution is 2.08. The van der Waals surface area contributed by atoms with E-state index >= 15 is 0 Å². The van der Waals surface area contributed by atoms with Gasteiger partial charge in [0.25, 0.3) is 0 Å². The van der Waals surface area contributed by atoms with Crippen LogP contribution in [0.4, 0.5) is 4.79 Å². The Bertz CT molecular complexity index is 124. The molecule has 0 atom stereocenters. The largest absolute Gasteiger partial charge is 0.453 e. The first-order valence-corrected chi connectivity index (χ1v) is 3.67. The van der Waals surface area contributed by atoms with E-state index in [0.717, 1.165) is 25.9 Å². The van der Waals surface area contributed by atoms with E-state index in [2.05, 4.69) is 4.74 Å². The van der Waals surface area contributed by atoms with Crippen molar-refractivity contribution in [2.24, 2.45) is 0 Å². The molecule has 0 radical (unpaired) electrons. The summed E-state index contributed by atoms with van der Waals surface area (Å²) in [6.07, 6.45) is 3.30. The molecule has 1 fully saturated rings. The molecule has 0 aromatic heterocycles. The SMILES string of the molecule is COC(=O)N1CCCCC1.Cl. The number of amides is 1. The summed E-state index contributed by atoms with van der Waals surface area (Å²) in [5.41, 5.74) is 0. The Kier molecular flexibility index (Phi) is 5.03. The van der Waals surface area contributed by atoms with Crippen molar-refractivity contribution in [3.05, 3.63) is 0 Å². The van der Waals surface area contributed by atoms with Gasteiger partial charge in [-0.05, 0) is 19.3 Å². The van der Waals surface area contributed by atoms with Crippen LogP contribution in [0.15, 0.2) is 0 Å². The van der Waals surface area contributed by atoms with Gasteiger partial charge in [-0.3, -0.25) is 0 Å². The highest BCUT2D eigenvalue weighted by Gasteiger charge is 2.15. The number of piperidine rings is 1. The molecule has 1 rings (SSSR count). The van der Waals surface area contributed by atoms with Gasteiger partial charge >= 0.3 is 6.09 Å². The summed E-state index contributed by atoms with van der Waals surface area (Å²) >= 11 is 0. The topological polar surface area (TPSA) is 29.5 Å². The van der Waals surface area contributed by atoms with Crippen LogP contribution in [0.1, 0.15) is 19.3 Å². The predicted molar refractivity (Wildman–Crippen MR) is 45.1 cm³/mol. The average Bonchev–Trinajstić information content (AvgIpc) is 2.05. The maximum absolute atomic E-state index is 10.9. The van der Waals surface area contributed by atoms with Crippen LogP contribution in [0, 0.1) is 0 Å². The molecule has 1 aliphatic heterocycles. The van der Waals surface area contributed by atoms with E-state index in [1.54, 1.807) is 4.90 Å². The molecule has 0 saturated carbocycles. The van der Waals surface area contributed by atoms with E-state index in [1.807, 2.05) is 0 Å². The molecule has 1 heterocycles. The summed E-state index contributed by atoms with van der Waals surface area (Å²) in [4.78, 5) is 12.6. The molecule has 1 amide bonds. The van der Waals surface area contributed by atoms with Gasteiger partial charge in [-0.1, -0.05) is 0 Å². The third-order valence-corrected chi connectivity index (χ3v) is 1.79. The lowest BCUT2D eigenvalue weighted by molar-refractivity contribution is 0.115. The molecule has 11 heavy (non-hydrogen) atoms. The first-order chi connectivity index (χ1) is 4.84. The smallest absolute Gasteiger partial charge is 0.409 e. The zero-order valence-corrected chi connectivity index (χ0v) is 7.52. The Balaban J connectivity index is 0.000001000. The number of carbonyl (C=O) groups is 1. The first kappa shape index (κ1) is 10.6. The lowest BCUT2D eigenvalue weighted by atomic mass is 10.1. The average molecular weight is 180 g/mol. The van der Waals surface area contributed by atoms with Gasteiger partial charge in [0.05, 0.1) is 7.11 Å². The van der Waals surface area contributed by atoms with Crippen LogP contribution in [0.5, 0.6) is 0 Å². The second-order valence-corrected chi connectivity index (χ2v) is 2.52. The predicted octanol–water partition coefficient (Wildman–Crippen LogP) is 1.66. The molecule has 0 unspecified atom stereocenters. The zero-order valence-electron chi connectivity index (χ0n) is 6.71. The fourth-order valence-electron chi connectivity index (χ4n) is 1.21. The summed E-state index contributed by atoms with van der Waals surface area (Å²) in [5, 5.41) is 0. The summed E-state index contributed by atoms with van der Waals surface area (Å²) in [5.74, 6) is 0. The molecular weight excluding hydrogens is 166 g/mol. The maximum Gasteiger partial charge on any atom is 0.409 e. The van der Waals surface area contributed by atoms with Crippen molar-refractivity contribution in [3.8, 4) is 0 Å². The van der Waals surface area contributed by atoms with E-state index in [1.165, 1.54) is 13.5 Å². The monoisotopic (exact) mass is 179 g/mol. The van der Waals surface area contributed by atoms with E-state index < -0.39 is 0 Å². The Morgan fingerprint density at radius 2 is 1.82 bits per heavy atom. The molecule has 0 spiro atoms. The zero-order chi connectivity index (χ0) is 7.40. The van der Waals surface area contributed by atoms with Crippen LogP contribution in [0.25, 0.3) is 0 Å². The number of carbonyl (C=O) groups excluding carboxylic acids is 1. The van der Waals surface area contributed by atoms with Gasteiger partial charge in [0, 0.05) is 13.1 Å².